The Morgan fingerprint density at radius 1 is 1.67 bits per heavy atom. The molecule has 1 aromatic rings. The summed E-state index contributed by atoms with van der Waals surface area (Å²) in [5.41, 5.74) is 6.69. The first-order valence-electron chi connectivity index (χ1n) is 3.01. The van der Waals surface area contributed by atoms with E-state index in [0.717, 1.165) is 11.3 Å². The maximum absolute atomic E-state index is 5.57. The van der Waals surface area contributed by atoms with Gasteiger partial charge < -0.3 is 10.2 Å². The molecule has 1 rings (SSSR count). The zero-order valence-corrected chi connectivity index (χ0v) is 5.72. The van der Waals surface area contributed by atoms with Crippen molar-refractivity contribution < 1.29 is 4.42 Å². The van der Waals surface area contributed by atoms with Crippen LogP contribution in [0.3, 0.4) is 0 Å². The van der Waals surface area contributed by atoms with Crippen molar-refractivity contribution in [2.24, 2.45) is 5.73 Å². The van der Waals surface area contributed by atoms with Gasteiger partial charge in [0.2, 0.25) is 0 Å². The molecule has 0 amide bonds. The summed E-state index contributed by atoms with van der Waals surface area (Å²) in [6, 6.07) is 1.93. The Balaban J connectivity index is 2.94. The van der Waals surface area contributed by atoms with E-state index in [9.17, 15) is 0 Å². The molecule has 0 aliphatic heterocycles. The van der Waals surface area contributed by atoms with Gasteiger partial charge >= 0.3 is 0 Å². The van der Waals surface area contributed by atoms with E-state index in [2.05, 4.69) is 0 Å². The Labute approximate surface area is 54.7 Å². The molecule has 9 heavy (non-hydrogen) atoms. The van der Waals surface area contributed by atoms with Gasteiger partial charge in [-0.1, -0.05) is 0 Å². The molecule has 0 bridgehead atoms. The van der Waals surface area contributed by atoms with Crippen LogP contribution in [0.15, 0.2) is 16.7 Å². The Morgan fingerprint density at radius 3 is 2.56 bits per heavy atom. The molecular formula is C7H11NO. The van der Waals surface area contributed by atoms with Crippen molar-refractivity contribution in [1.29, 1.82) is 0 Å². The van der Waals surface area contributed by atoms with Crippen LogP contribution in [0.1, 0.15) is 24.3 Å². The maximum atomic E-state index is 5.57. The standard InChI is InChI=1S/C7H11NO/c1-5-3-4-9-7(5)6(2)8/h3-4,6H,8H2,1-2H3/t6-/m0/s1. The predicted molar refractivity (Wildman–Crippen MR) is 36.0 cm³/mol. The minimum absolute atomic E-state index is 0.0139. The van der Waals surface area contributed by atoms with Crippen LogP contribution in [-0.4, -0.2) is 0 Å². The maximum Gasteiger partial charge on any atom is 0.123 e. The second-order valence-corrected chi connectivity index (χ2v) is 2.26. The van der Waals surface area contributed by atoms with Crippen molar-refractivity contribution in [1.82, 2.24) is 0 Å². The third kappa shape index (κ3) is 1.13. The van der Waals surface area contributed by atoms with Crippen molar-refractivity contribution >= 4 is 0 Å². The highest BCUT2D eigenvalue weighted by molar-refractivity contribution is 5.16. The van der Waals surface area contributed by atoms with Crippen molar-refractivity contribution in [2.45, 2.75) is 19.9 Å². The summed E-state index contributed by atoms with van der Waals surface area (Å²) in [6.45, 7) is 3.90. The fourth-order valence-electron chi connectivity index (χ4n) is 0.851. The van der Waals surface area contributed by atoms with E-state index >= 15 is 0 Å². The number of aryl methyl sites for hydroxylation is 1. The lowest BCUT2D eigenvalue weighted by molar-refractivity contribution is 0.477. The first-order chi connectivity index (χ1) is 4.22. The number of nitrogens with two attached hydrogens (primary N) is 1. The highest BCUT2D eigenvalue weighted by Crippen LogP contribution is 2.14. The lowest BCUT2D eigenvalue weighted by atomic mass is 10.2. The van der Waals surface area contributed by atoms with Crippen molar-refractivity contribution in [3.8, 4) is 0 Å². The molecule has 0 fully saturated rings. The summed E-state index contributed by atoms with van der Waals surface area (Å²) in [4.78, 5) is 0. The average Bonchev–Trinajstić information content (AvgIpc) is 2.13. The molecule has 0 radical (unpaired) electrons. The molecule has 2 nitrogen and oxygen atoms in total. The first kappa shape index (κ1) is 6.36. The van der Waals surface area contributed by atoms with Crippen molar-refractivity contribution in [3.63, 3.8) is 0 Å². The Hall–Kier alpha value is -0.760. The number of furan rings is 1. The lowest BCUT2D eigenvalue weighted by Crippen LogP contribution is -2.04. The Bertz CT molecular complexity index is 191. The minimum atomic E-state index is 0.0139. The molecule has 0 spiro atoms. The van der Waals surface area contributed by atoms with Gasteiger partial charge in [-0.15, -0.1) is 0 Å². The van der Waals surface area contributed by atoms with Gasteiger partial charge in [-0.3, -0.25) is 0 Å². The second kappa shape index (κ2) is 2.23. The topological polar surface area (TPSA) is 39.2 Å². The SMILES string of the molecule is Cc1ccoc1[C@H](C)N. The third-order valence-corrected chi connectivity index (χ3v) is 1.32. The molecule has 0 unspecified atom stereocenters. The first-order valence-corrected chi connectivity index (χ1v) is 3.01. The van der Waals surface area contributed by atoms with E-state index in [1.807, 2.05) is 19.9 Å². The van der Waals surface area contributed by atoms with Crippen LogP contribution in [0.2, 0.25) is 0 Å². The fraction of sp³-hybridized carbons (Fsp3) is 0.429. The van der Waals surface area contributed by atoms with Crippen molar-refractivity contribution in [2.75, 3.05) is 0 Å². The molecule has 0 aliphatic carbocycles. The van der Waals surface area contributed by atoms with Crippen LogP contribution >= 0.6 is 0 Å². The quantitative estimate of drug-likeness (QED) is 0.619. The van der Waals surface area contributed by atoms with E-state index in [1.165, 1.54) is 0 Å². The fourth-order valence-corrected chi connectivity index (χ4v) is 0.851. The van der Waals surface area contributed by atoms with Gasteiger partial charge in [0, 0.05) is 0 Å². The summed E-state index contributed by atoms with van der Waals surface area (Å²) in [7, 11) is 0. The summed E-state index contributed by atoms with van der Waals surface area (Å²) >= 11 is 0. The van der Waals surface area contributed by atoms with Crippen LogP contribution < -0.4 is 5.73 Å². The molecular weight excluding hydrogens is 114 g/mol. The molecule has 0 aromatic carbocycles. The monoisotopic (exact) mass is 125 g/mol. The summed E-state index contributed by atoms with van der Waals surface area (Å²) in [5, 5.41) is 0. The molecule has 1 heterocycles. The van der Waals surface area contributed by atoms with E-state index in [-0.39, 0.29) is 6.04 Å². The van der Waals surface area contributed by atoms with Gasteiger partial charge in [-0.2, -0.15) is 0 Å². The Morgan fingerprint density at radius 2 is 2.33 bits per heavy atom. The van der Waals surface area contributed by atoms with Crippen molar-refractivity contribution in [3.05, 3.63) is 23.7 Å². The predicted octanol–water partition coefficient (Wildman–Crippen LogP) is 1.61. The van der Waals surface area contributed by atoms with E-state index in [0.29, 0.717) is 0 Å². The molecule has 0 aliphatic rings. The zero-order chi connectivity index (χ0) is 6.85. The van der Waals surface area contributed by atoms with Crippen LogP contribution in [-0.2, 0) is 0 Å². The normalized spacial score (nSPS) is 13.7. The number of hydrogen-bond acceptors (Lipinski definition) is 2. The minimum Gasteiger partial charge on any atom is -0.467 e. The molecule has 2 heteroatoms. The smallest absolute Gasteiger partial charge is 0.123 e. The number of hydrogen-bond donors (Lipinski definition) is 1. The highest BCUT2D eigenvalue weighted by Gasteiger charge is 2.04. The molecule has 1 aromatic heterocycles. The van der Waals surface area contributed by atoms with Crippen LogP contribution in [0.4, 0.5) is 0 Å². The van der Waals surface area contributed by atoms with Gasteiger partial charge in [0.15, 0.2) is 0 Å². The van der Waals surface area contributed by atoms with E-state index < -0.39 is 0 Å². The summed E-state index contributed by atoms with van der Waals surface area (Å²) < 4.78 is 5.10. The Kier molecular flexibility index (Phi) is 1.58. The summed E-state index contributed by atoms with van der Waals surface area (Å²) in [5.74, 6) is 0.884. The summed E-state index contributed by atoms with van der Waals surface area (Å²) in [6.07, 6.45) is 1.66. The largest absolute Gasteiger partial charge is 0.467 e. The molecule has 1 atom stereocenters. The van der Waals surface area contributed by atoms with Crippen LogP contribution in [0.5, 0.6) is 0 Å². The molecule has 0 saturated heterocycles. The highest BCUT2D eigenvalue weighted by atomic mass is 16.3. The third-order valence-electron chi connectivity index (χ3n) is 1.32. The van der Waals surface area contributed by atoms with E-state index in [1.54, 1.807) is 6.26 Å². The van der Waals surface area contributed by atoms with Gasteiger partial charge in [-0.25, -0.2) is 0 Å². The van der Waals surface area contributed by atoms with Crippen LogP contribution in [0, 0.1) is 6.92 Å². The molecule has 50 valence electrons. The van der Waals surface area contributed by atoms with Gasteiger partial charge in [-0.05, 0) is 25.5 Å². The average molecular weight is 125 g/mol. The van der Waals surface area contributed by atoms with Gasteiger partial charge in [0.25, 0.3) is 0 Å². The lowest BCUT2D eigenvalue weighted by Gasteiger charge is -1.99. The van der Waals surface area contributed by atoms with Gasteiger partial charge in [0.05, 0.1) is 12.3 Å². The van der Waals surface area contributed by atoms with E-state index in [4.69, 9.17) is 10.2 Å². The van der Waals surface area contributed by atoms with Crippen LogP contribution in [0.25, 0.3) is 0 Å². The molecule has 2 N–H and O–H groups in total. The van der Waals surface area contributed by atoms with Gasteiger partial charge in [0.1, 0.15) is 5.76 Å². The number of rotatable bonds is 1. The molecule has 0 saturated carbocycles. The zero-order valence-electron chi connectivity index (χ0n) is 5.72. The second-order valence-electron chi connectivity index (χ2n) is 2.26.